The number of nitrogens with one attached hydrogen (secondary N) is 2. The zero-order valence-corrected chi connectivity index (χ0v) is 16.2. The number of aromatic amines is 1. The van der Waals surface area contributed by atoms with Crippen LogP contribution in [0.4, 0.5) is 17.5 Å². The zero-order valence-electron chi connectivity index (χ0n) is 15.4. The van der Waals surface area contributed by atoms with Crippen molar-refractivity contribution >= 4 is 29.1 Å². The summed E-state index contributed by atoms with van der Waals surface area (Å²) in [5, 5.41) is 11.1. The molecular weight excluding hydrogens is 362 g/mol. The minimum Gasteiger partial charge on any atom is -0.354 e. The van der Waals surface area contributed by atoms with Crippen LogP contribution in [0.15, 0.2) is 36.4 Å². The van der Waals surface area contributed by atoms with Gasteiger partial charge in [0.05, 0.1) is 5.02 Å². The van der Waals surface area contributed by atoms with E-state index in [0.29, 0.717) is 16.7 Å². The van der Waals surface area contributed by atoms with Crippen molar-refractivity contribution in [1.82, 2.24) is 25.1 Å². The summed E-state index contributed by atoms with van der Waals surface area (Å²) in [5.74, 6) is 2.91. The van der Waals surface area contributed by atoms with E-state index in [1.165, 1.54) is 0 Å². The SMILES string of the molecule is Cc1cc(Nc2cc(N3CCN(C)CC3)nc(-c3ccccc3Cl)n2)n[nH]1. The van der Waals surface area contributed by atoms with Crippen molar-refractivity contribution < 1.29 is 0 Å². The Morgan fingerprint density at radius 1 is 1.04 bits per heavy atom. The third kappa shape index (κ3) is 4.04. The first-order valence-corrected chi connectivity index (χ1v) is 9.33. The van der Waals surface area contributed by atoms with Gasteiger partial charge in [0, 0.05) is 49.6 Å². The van der Waals surface area contributed by atoms with E-state index in [0.717, 1.165) is 49.1 Å². The number of rotatable bonds is 4. The fraction of sp³-hybridized carbons (Fsp3) is 0.316. The fourth-order valence-corrected chi connectivity index (χ4v) is 3.29. The summed E-state index contributed by atoms with van der Waals surface area (Å²) < 4.78 is 0. The molecule has 3 aromatic rings. The zero-order chi connectivity index (χ0) is 18.8. The Morgan fingerprint density at radius 3 is 2.52 bits per heavy atom. The molecule has 140 valence electrons. The van der Waals surface area contributed by atoms with Crippen molar-refractivity contribution in [2.75, 3.05) is 43.4 Å². The summed E-state index contributed by atoms with van der Waals surface area (Å²) in [6.07, 6.45) is 0. The molecule has 0 bridgehead atoms. The van der Waals surface area contributed by atoms with Crippen LogP contribution in [-0.2, 0) is 0 Å². The quantitative estimate of drug-likeness (QED) is 0.720. The maximum atomic E-state index is 6.39. The topological polar surface area (TPSA) is 73.0 Å². The van der Waals surface area contributed by atoms with E-state index in [1.807, 2.05) is 43.3 Å². The second kappa shape index (κ2) is 7.54. The summed E-state index contributed by atoms with van der Waals surface area (Å²) >= 11 is 6.39. The lowest BCUT2D eigenvalue weighted by atomic mass is 10.2. The number of aromatic nitrogens is 4. The van der Waals surface area contributed by atoms with Crippen molar-refractivity contribution in [1.29, 1.82) is 0 Å². The molecule has 1 fully saturated rings. The molecule has 0 amide bonds. The molecular formula is C19H22ClN7. The van der Waals surface area contributed by atoms with Crippen molar-refractivity contribution in [2.45, 2.75) is 6.92 Å². The second-order valence-corrected chi connectivity index (χ2v) is 7.17. The third-order valence-corrected chi connectivity index (χ3v) is 4.95. The van der Waals surface area contributed by atoms with Gasteiger partial charge in [-0.05, 0) is 26.1 Å². The van der Waals surface area contributed by atoms with Gasteiger partial charge >= 0.3 is 0 Å². The number of likely N-dealkylation sites (N-methyl/N-ethyl adjacent to an activating group) is 1. The molecule has 4 rings (SSSR count). The van der Waals surface area contributed by atoms with Gasteiger partial charge in [-0.2, -0.15) is 5.10 Å². The van der Waals surface area contributed by atoms with E-state index in [2.05, 4.69) is 37.3 Å². The van der Waals surface area contributed by atoms with Crippen LogP contribution in [0.3, 0.4) is 0 Å². The molecule has 1 aliphatic rings. The van der Waals surface area contributed by atoms with Crippen molar-refractivity contribution in [3.05, 3.63) is 47.1 Å². The Bertz CT molecular complexity index is 931. The van der Waals surface area contributed by atoms with Crippen LogP contribution < -0.4 is 10.2 Å². The Labute approximate surface area is 163 Å². The first kappa shape index (κ1) is 17.8. The maximum absolute atomic E-state index is 6.39. The standard InChI is InChI=1S/C19H22ClN7/c1-13-11-17(25-24-13)21-16-12-18(27-9-7-26(2)8-10-27)23-19(22-16)14-5-3-4-6-15(14)20/h3-6,11-12H,7-10H2,1-2H3,(H2,21,22,23,24,25). The number of halogens is 1. The highest BCUT2D eigenvalue weighted by atomic mass is 35.5. The van der Waals surface area contributed by atoms with Gasteiger partial charge in [-0.3, -0.25) is 5.10 Å². The highest BCUT2D eigenvalue weighted by molar-refractivity contribution is 6.33. The Morgan fingerprint density at radius 2 is 1.81 bits per heavy atom. The van der Waals surface area contributed by atoms with Gasteiger partial charge in [-0.1, -0.05) is 23.7 Å². The molecule has 0 radical (unpaired) electrons. The van der Waals surface area contributed by atoms with Crippen LogP contribution in [0.1, 0.15) is 5.69 Å². The lowest BCUT2D eigenvalue weighted by Crippen LogP contribution is -2.44. The van der Waals surface area contributed by atoms with Gasteiger partial charge < -0.3 is 15.1 Å². The number of benzene rings is 1. The molecule has 0 atom stereocenters. The van der Waals surface area contributed by atoms with E-state index in [1.54, 1.807) is 0 Å². The molecule has 0 saturated carbocycles. The molecule has 1 aromatic carbocycles. The van der Waals surface area contributed by atoms with E-state index in [-0.39, 0.29) is 0 Å². The molecule has 1 saturated heterocycles. The molecule has 2 aromatic heterocycles. The van der Waals surface area contributed by atoms with Crippen LogP contribution >= 0.6 is 11.6 Å². The number of aryl methyl sites for hydroxylation is 1. The molecule has 7 nitrogen and oxygen atoms in total. The van der Waals surface area contributed by atoms with E-state index in [4.69, 9.17) is 16.6 Å². The largest absolute Gasteiger partial charge is 0.354 e. The summed E-state index contributed by atoms with van der Waals surface area (Å²) in [6.45, 7) is 5.83. The molecule has 0 spiro atoms. The van der Waals surface area contributed by atoms with Crippen molar-refractivity contribution in [2.24, 2.45) is 0 Å². The number of hydrogen-bond acceptors (Lipinski definition) is 6. The first-order valence-electron chi connectivity index (χ1n) is 8.95. The van der Waals surface area contributed by atoms with E-state index in [9.17, 15) is 0 Å². The average molecular weight is 384 g/mol. The molecule has 8 heteroatoms. The predicted octanol–water partition coefficient (Wildman–Crippen LogP) is 3.32. The van der Waals surface area contributed by atoms with Crippen LogP contribution in [0.5, 0.6) is 0 Å². The fourth-order valence-electron chi connectivity index (χ4n) is 3.07. The second-order valence-electron chi connectivity index (χ2n) is 6.77. The van der Waals surface area contributed by atoms with Crippen molar-refractivity contribution in [3.8, 4) is 11.4 Å². The highest BCUT2D eigenvalue weighted by Crippen LogP contribution is 2.29. The van der Waals surface area contributed by atoms with Gasteiger partial charge in [-0.25, -0.2) is 9.97 Å². The van der Waals surface area contributed by atoms with Crippen LogP contribution in [0, 0.1) is 6.92 Å². The van der Waals surface area contributed by atoms with Crippen LogP contribution in [-0.4, -0.2) is 58.3 Å². The van der Waals surface area contributed by atoms with Gasteiger partial charge in [0.15, 0.2) is 11.6 Å². The molecule has 3 heterocycles. The van der Waals surface area contributed by atoms with Crippen molar-refractivity contribution in [3.63, 3.8) is 0 Å². The predicted molar refractivity (Wildman–Crippen MR) is 109 cm³/mol. The first-order chi connectivity index (χ1) is 13.1. The van der Waals surface area contributed by atoms with Gasteiger partial charge in [-0.15, -0.1) is 0 Å². The smallest absolute Gasteiger partial charge is 0.165 e. The van der Waals surface area contributed by atoms with E-state index >= 15 is 0 Å². The third-order valence-electron chi connectivity index (χ3n) is 4.62. The molecule has 0 unspecified atom stereocenters. The number of nitrogens with zero attached hydrogens (tertiary/aromatic N) is 5. The Hall–Kier alpha value is -2.64. The number of anilines is 3. The normalized spacial score (nSPS) is 15.1. The van der Waals surface area contributed by atoms with Crippen LogP contribution in [0.2, 0.25) is 5.02 Å². The summed E-state index contributed by atoms with van der Waals surface area (Å²) in [5.41, 5.74) is 1.80. The number of H-pyrrole nitrogens is 1. The van der Waals surface area contributed by atoms with Gasteiger partial charge in [0.1, 0.15) is 11.6 Å². The average Bonchev–Trinajstić information content (AvgIpc) is 3.07. The van der Waals surface area contributed by atoms with E-state index < -0.39 is 0 Å². The summed E-state index contributed by atoms with van der Waals surface area (Å²) in [7, 11) is 2.14. The molecule has 27 heavy (non-hydrogen) atoms. The highest BCUT2D eigenvalue weighted by Gasteiger charge is 2.18. The molecule has 1 aliphatic heterocycles. The number of hydrogen-bond donors (Lipinski definition) is 2. The minimum atomic E-state index is 0.604. The number of piperazine rings is 1. The lowest BCUT2D eigenvalue weighted by molar-refractivity contribution is 0.312. The van der Waals surface area contributed by atoms with Gasteiger partial charge in [0.2, 0.25) is 0 Å². The Balaban J connectivity index is 1.72. The molecule has 0 aliphatic carbocycles. The van der Waals surface area contributed by atoms with Gasteiger partial charge in [0.25, 0.3) is 0 Å². The summed E-state index contributed by atoms with van der Waals surface area (Å²) in [4.78, 5) is 14.1. The monoisotopic (exact) mass is 383 g/mol. The maximum Gasteiger partial charge on any atom is 0.165 e. The summed E-state index contributed by atoms with van der Waals surface area (Å²) in [6, 6.07) is 11.5. The molecule has 2 N–H and O–H groups in total. The minimum absolute atomic E-state index is 0.604. The lowest BCUT2D eigenvalue weighted by Gasteiger charge is -2.33. The van der Waals surface area contributed by atoms with Crippen LogP contribution in [0.25, 0.3) is 11.4 Å². The Kier molecular flexibility index (Phi) is 4.96.